The van der Waals surface area contributed by atoms with Gasteiger partial charge in [-0.1, -0.05) is 12.1 Å². The summed E-state index contributed by atoms with van der Waals surface area (Å²) in [6.07, 6.45) is 2.86. The molecule has 0 radical (unpaired) electrons. The molecule has 1 aromatic heterocycles. The van der Waals surface area contributed by atoms with E-state index in [1.807, 2.05) is 24.8 Å². The molecule has 25 heavy (non-hydrogen) atoms. The van der Waals surface area contributed by atoms with Crippen molar-refractivity contribution in [3.63, 3.8) is 0 Å². The SMILES string of the molecule is Cc1ccc(C)c2c(C)c(C(=O)N3CCC(OCCCN)CC3)oc12. The van der Waals surface area contributed by atoms with Gasteiger partial charge in [0.05, 0.1) is 6.10 Å². The Labute approximate surface area is 149 Å². The number of rotatable bonds is 5. The Kier molecular flexibility index (Phi) is 5.45. The summed E-state index contributed by atoms with van der Waals surface area (Å²) >= 11 is 0. The first-order chi connectivity index (χ1) is 12.0. The summed E-state index contributed by atoms with van der Waals surface area (Å²) in [6, 6.07) is 4.12. The number of hydrogen-bond acceptors (Lipinski definition) is 4. The van der Waals surface area contributed by atoms with Crippen molar-refractivity contribution in [2.75, 3.05) is 26.2 Å². The highest BCUT2D eigenvalue weighted by atomic mass is 16.5. The summed E-state index contributed by atoms with van der Waals surface area (Å²) in [5, 5.41) is 1.07. The number of fused-ring (bicyclic) bond motifs is 1. The molecule has 2 N–H and O–H groups in total. The quantitative estimate of drug-likeness (QED) is 0.845. The minimum absolute atomic E-state index is 0.00657. The topological polar surface area (TPSA) is 68.7 Å². The Morgan fingerprint density at radius 3 is 2.56 bits per heavy atom. The minimum atomic E-state index is -0.00657. The molecule has 0 atom stereocenters. The maximum absolute atomic E-state index is 13.0. The van der Waals surface area contributed by atoms with Gasteiger partial charge in [0.15, 0.2) is 5.76 Å². The van der Waals surface area contributed by atoms with Crippen LogP contribution < -0.4 is 5.73 Å². The molecule has 1 amide bonds. The Hall–Kier alpha value is -1.85. The number of carbonyl (C=O) groups excluding carboxylic acids is 1. The number of carbonyl (C=O) groups is 1. The van der Waals surface area contributed by atoms with Gasteiger partial charge in [0.25, 0.3) is 5.91 Å². The van der Waals surface area contributed by atoms with E-state index in [0.29, 0.717) is 32.0 Å². The van der Waals surface area contributed by atoms with Crippen LogP contribution in [-0.4, -0.2) is 43.2 Å². The molecule has 1 aliphatic heterocycles. The second-order valence-corrected chi connectivity index (χ2v) is 6.96. The fourth-order valence-corrected chi connectivity index (χ4v) is 3.58. The molecule has 5 heteroatoms. The van der Waals surface area contributed by atoms with Crippen LogP contribution in [0.2, 0.25) is 0 Å². The summed E-state index contributed by atoms with van der Waals surface area (Å²) in [5.41, 5.74) is 9.49. The van der Waals surface area contributed by atoms with Crippen LogP contribution in [0, 0.1) is 20.8 Å². The average molecular weight is 344 g/mol. The van der Waals surface area contributed by atoms with Crippen LogP contribution in [0.25, 0.3) is 11.0 Å². The van der Waals surface area contributed by atoms with E-state index >= 15 is 0 Å². The van der Waals surface area contributed by atoms with E-state index in [9.17, 15) is 4.79 Å². The smallest absolute Gasteiger partial charge is 0.289 e. The second-order valence-electron chi connectivity index (χ2n) is 6.96. The molecule has 1 aliphatic rings. The van der Waals surface area contributed by atoms with Gasteiger partial charge in [0, 0.05) is 30.6 Å². The molecule has 1 fully saturated rings. The second kappa shape index (κ2) is 7.58. The van der Waals surface area contributed by atoms with Gasteiger partial charge in [-0.15, -0.1) is 0 Å². The molecule has 0 spiro atoms. The lowest BCUT2D eigenvalue weighted by Gasteiger charge is -2.31. The van der Waals surface area contributed by atoms with Crippen molar-refractivity contribution in [1.29, 1.82) is 0 Å². The molecule has 0 aliphatic carbocycles. The molecule has 3 rings (SSSR count). The zero-order valence-corrected chi connectivity index (χ0v) is 15.4. The molecule has 1 saturated heterocycles. The first-order valence-electron chi connectivity index (χ1n) is 9.13. The van der Waals surface area contributed by atoms with Gasteiger partial charge in [-0.05, 0) is 57.7 Å². The highest BCUT2D eigenvalue weighted by molar-refractivity contribution is 6.00. The van der Waals surface area contributed by atoms with Crippen molar-refractivity contribution in [1.82, 2.24) is 4.90 Å². The van der Waals surface area contributed by atoms with Gasteiger partial charge in [-0.2, -0.15) is 0 Å². The van der Waals surface area contributed by atoms with Gasteiger partial charge in [0.2, 0.25) is 0 Å². The van der Waals surface area contributed by atoms with Crippen LogP contribution >= 0.6 is 0 Å². The number of amides is 1. The average Bonchev–Trinajstić information content (AvgIpc) is 2.97. The summed E-state index contributed by atoms with van der Waals surface area (Å²) in [7, 11) is 0. The first kappa shape index (κ1) is 18.0. The molecule has 136 valence electrons. The third kappa shape index (κ3) is 3.58. The summed E-state index contributed by atoms with van der Waals surface area (Å²) in [4.78, 5) is 14.8. The van der Waals surface area contributed by atoms with E-state index in [4.69, 9.17) is 14.9 Å². The van der Waals surface area contributed by atoms with Crippen molar-refractivity contribution < 1.29 is 13.9 Å². The number of nitrogens with two attached hydrogens (primary N) is 1. The normalized spacial score (nSPS) is 15.9. The highest BCUT2D eigenvalue weighted by Crippen LogP contribution is 2.31. The van der Waals surface area contributed by atoms with Crippen LogP contribution in [0.15, 0.2) is 16.5 Å². The fourth-order valence-electron chi connectivity index (χ4n) is 3.58. The van der Waals surface area contributed by atoms with Crippen molar-refractivity contribution in [2.24, 2.45) is 5.73 Å². The number of ether oxygens (including phenoxy) is 1. The van der Waals surface area contributed by atoms with Crippen LogP contribution in [-0.2, 0) is 4.74 Å². The summed E-state index contributed by atoms with van der Waals surface area (Å²) < 4.78 is 11.8. The Morgan fingerprint density at radius 1 is 1.24 bits per heavy atom. The number of likely N-dealkylation sites (tertiary alicyclic amines) is 1. The molecule has 5 nitrogen and oxygen atoms in total. The predicted octanol–water partition coefficient (Wildman–Crippen LogP) is 3.33. The monoisotopic (exact) mass is 344 g/mol. The number of hydrogen-bond donors (Lipinski definition) is 1. The molecule has 2 aromatic rings. The molecule has 0 unspecified atom stereocenters. The Bertz CT molecular complexity index is 758. The van der Waals surface area contributed by atoms with Crippen LogP contribution in [0.4, 0.5) is 0 Å². The first-order valence-corrected chi connectivity index (χ1v) is 9.13. The highest BCUT2D eigenvalue weighted by Gasteiger charge is 2.28. The van der Waals surface area contributed by atoms with E-state index in [1.165, 1.54) is 0 Å². The van der Waals surface area contributed by atoms with Gasteiger partial charge in [-0.25, -0.2) is 0 Å². The maximum atomic E-state index is 13.0. The van der Waals surface area contributed by atoms with Crippen molar-refractivity contribution in [3.8, 4) is 0 Å². The van der Waals surface area contributed by atoms with Crippen LogP contribution in [0.1, 0.15) is 46.5 Å². The van der Waals surface area contributed by atoms with Gasteiger partial charge in [-0.3, -0.25) is 4.79 Å². The molecule has 1 aromatic carbocycles. The lowest BCUT2D eigenvalue weighted by atomic mass is 10.0. The lowest BCUT2D eigenvalue weighted by Crippen LogP contribution is -2.41. The van der Waals surface area contributed by atoms with E-state index in [0.717, 1.165) is 46.9 Å². The third-order valence-corrected chi connectivity index (χ3v) is 5.11. The van der Waals surface area contributed by atoms with Crippen molar-refractivity contribution in [2.45, 2.75) is 46.1 Å². The molecular formula is C20H28N2O3. The Balaban J connectivity index is 1.72. The third-order valence-electron chi connectivity index (χ3n) is 5.11. The molecule has 2 heterocycles. The summed E-state index contributed by atoms with van der Waals surface area (Å²) in [6.45, 7) is 8.83. The van der Waals surface area contributed by atoms with Crippen LogP contribution in [0.3, 0.4) is 0 Å². The van der Waals surface area contributed by atoms with Crippen LogP contribution in [0.5, 0.6) is 0 Å². The van der Waals surface area contributed by atoms with E-state index < -0.39 is 0 Å². The standard InChI is InChI=1S/C20H28N2O3/c1-13-5-6-14(2)18-17(13)15(3)19(25-18)20(23)22-10-7-16(8-11-22)24-12-4-9-21/h5-6,16H,4,7-12,21H2,1-3H3. The summed E-state index contributed by atoms with van der Waals surface area (Å²) in [5.74, 6) is 0.475. The van der Waals surface area contributed by atoms with E-state index in [-0.39, 0.29) is 12.0 Å². The number of benzene rings is 1. The largest absolute Gasteiger partial charge is 0.450 e. The Morgan fingerprint density at radius 2 is 1.92 bits per heavy atom. The molecular weight excluding hydrogens is 316 g/mol. The minimum Gasteiger partial charge on any atom is -0.450 e. The van der Waals surface area contributed by atoms with Crippen molar-refractivity contribution in [3.05, 3.63) is 34.6 Å². The fraction of sp³-hybridized carbons (Fsp3) is 0.550. The number of nitrogens with zero attached hydrogens (tertiary/aromatic N) is 1. The van der Waals surface area contributed by atoms with E-state index in [2.05, 4.69) is 13.0 Å². The predicted molar refractivity (Wildman–Crippen MR) is 99.0 cm³/mol. The maximum Gasteiger partial charge on any atom is 0.289 e. The molecule has 0 bridgehead atoms. The zero-order chi connectivity index (χ0) is 18.0. The van der Waals surface area contributed by atoms with Crippen molar-refractivity contribution >= 4 is 16.9 Å². The zero-order valence-electron chi connectivity index (χ0n) is 15.4. The number of aryl methyl sites for hydroxylation is 3. The lowest BCUT2D eigenvalue weighted by molar-refractivity contribution is 0.00767. The van der Waals surface area contributed by atoms with Gasteiger partial charge in [0.1, 0.15) is 5.58 Å². The number of piperidine rings is 1. The number of furan rings is 1. The van der Waals surface area contributed by atoms with E-state index in [1.54, 1.807) is 0 Å². The van der Waals surface area contributed by atoms with Gasteiger partial charge < -0.3 is 19.8 Å². The molecule has 0 saturated carbocycles. The van der Waals surface area contributed by atoms with Gasteiger partial charge >= 0.3 is 0 Å².